The van der Waals surface area contributed by atoms with Crippen molar-refractivity contribution in [3.63, 3.8) is 0 Å². The number of hydrogen-bond donors (Lipinski definition) is 1. The first-order valence-corrected chi connectivity index (χ1v) is 7.92. The molecule has 18 heavy (non-hydrogen) atoms. The van der Waals surface area contributed by atoms with Gasteiger partial charge in [0.25, 0.3) is 0 Å². The van der Waals surface area contributed by atoms with Gasteiger partial charge in [0.2, 0.25) is 0 Å². The molecule has 96 valence electrons. The highest BCUT2D eigenvalue weighted by Crippen LogP contribution is 2.33. The summed E-state index contributed by atoms with van der Waals surface area (Å²) in [6.07, 6.45) is 2.36. The van der Waals surface area contributed by atoms with Crippen LogP contribution in [0.1, 0.15) is 35.4 Å². The zero-order valence-electron chi connectivity index (χ0n) is 10.7. The molecular weight excluding hydrogens is 306 g/mol. The fourth-order valence-corrected chi connectivity index (χ4v) is 3.86. The van der Waals surface area contributed by atoms with E-state index in [1.165, 1.54) is 26.9 Å². The van der Waals surface area contributed by atoms with Crippen molar-refractivity contribution in [2.24, 2.45) is 0 Å². The van der Waals surface area contributed by atoms with E-state index in [0.717, 1.165) is 6.42 Å². The molecule has 2 rings (SSSR count). The molecule has 1 aromatic heterocycles. The van der Waals surface area contributed by atoms with E-state index in [2.05, 4.69) is 63.9 Å². The number of thiophene rings is 1. The van der Waals surface area contributed by atoms with E-state index in [0.29, 0.717) is 0 Å². The first kappa shape index (κ1) is 13.8. The van der Waals surface area contributed by atoms with Crippen LogP contribution in [0.5, 0.6) is 0 Å². The predicted molar refractivity (Wildman–Crippen MR) is 83.4 cm³/mol. The summed E-state index contributed by atoms with van der Waals surface area (Å²) in [5.74, 6) is 0. The first-order valence-electron chi connectivity index (χ1n) is 6.25. The molecule has 1 nitrogen and oxygen atoms in total. The van der Waals surface area contributed by atoms with Crippen molar-refractivity contribution in [3.8, 4) is 0 Å². The minimum atomic E-state index is 0.273. The third-order valence-corrected chi connectivity index (χ3v) is 4.98. The quantitative estimate of drug-likeness (QED) is 0.835. The molecule has 2 aromatic rings. The van der Waals surface area contributed by atoms with Crippen molar-refractivity contribution in [2.75, 3.05) is 7.05 Å². The molecular formula is C15H18BrNS. The van der Waals surface area contributed by atoms with Crippen LogP contribution in [-0.4, -0.2) is 7.05 Å². The van der Waals surface area contributed by atoms with Gasteiger partial charge in [0.05, 0.1) is 6.04 Å². The fourth-order valence-electron chi connectivity index (χ4n) is 2.13. The maximum absolute atomic E-state index is 3.61. The van der Waals surface area contributed by atoms with E-state index in [1.54, 1.807) is 11.3 Å². The zero-order chi connectivity index (χ0) is 13.0. The summed E-state index contributed by atoms with van der Waals surface area (Å²) in [6.45, 7) is 2.22. The summed E-state index contributed by atoms with van der Waals surface area (Å²) < 4.78 is 1.18. The second-order valence-electron chi connectivity index (χ2n) is 4.35. The second-order valence-corrected chi connectivity index (χ2v) is 6.15. The molecule has 0 amide bonds. The molecule has 0 bridgehead atoms. The Labute approximate surface area is 121 Å². The van der Waals surface area contributed by atoms with Gasteiger partial charge >= 0.3 is 0 Å². The lowest BCUT2D eigenvalue weighted by atomic mass is 10.0. The summed E-state index contributed by atoms with van der Waals surface area (Å²) in [5.41, 5.74) is 2.74. The van der Waals surface area contributed by atoms with Crippen LogP contribution in [0.15, 0.2) is 40.2 Å². The van der Waals surface area contributed by atoms with E-state index < -0.39 is 0 Å². The molecule has 1 aromatic carbocycles. The van der Waals surface area contributed by atoms with Crippen LogP contribution >= 0.6 is 27.3 Å². The highest BCUT2D eigenvalue weighted by Gasteiger charge is 2.15. The third-order valence-electron chi connectivity index (χ3n) is 3.05. The van der Waals surface area contributed by atoms with Gasteiger partial charge in [0.1, 0.15) is 0 Å². The number of hydrogen-bond acceptors (Lipinski definition) is 2. The monoisotopic (exact) mass is 323 g/mol. The van der Waals surface area contributed by atoms with E-state index in [1.807, 2.05) is 7.05 Å². The predicted octanol–water partition coefficient (Wildman–Crippen LogP) is 4.77. The standard InChI is InChI=1S/C15H18BrNS/c1-3-4-11-5-7-12(8-6-11)14(17-2)15-13(16)9-10-18-15/h5-10,14,17H,3-4H2,1-2H3. The Morgan fingerprint density at radius 2 is 1.94 bits per heavy atom. The van der Waals surface area contributed by atoms with Crippen LogP contribution in [0.25, 0.3) is 0 Å². The second kappa shape index (κ2) is 6.50. The molecule has 1 heterocycles. The molecule has 0 fully saturated rings. The van der Waals surface area contributed by atoms with E-state index >= 15 is 0 Å². The SMILES string of the molecule is CCCc1ccc(C(NC)c2sccc2Br)cc1. The molecule has 0 saturated heterocycles. The molecule has 0 aliphatic heterocycles. The molecule has 0 saturated carbocycles. The van der Waals surface area contributed by atoms with Crippen LogP contribution in [0.4, 0.5) is 0 Å². The summed E-state index contributed by atoms with van der Waals surface area (Å²) in [6, 6.07) is 11.3. The Kier molecular flexibility index (Phi) is 4.98. The zero-order valence-corrected chi connectivity index (χ0v) is 13.1. The minimum Gasteiger partial charge on any atom is -0.309 e. The Balaban J connectivity index is 2.25. The van der Waals surface area contributed by atoms with Gasteiger partial charge in [0.15, 0.2) is 0 Å². The van der Waals surface area contributed by atoms with Gasteiger partial charge in [0, 0.05) is 9.35 Å². The molecule has 3 heteroatoms. The smallest absolute Gasteiger partial charge is 0.0680 e. The molecule has 0 aliphatic rings. The number of nitrogens with one attached hydrogen (secondary N) is 1. The molecule has 0 spiro atoms. The number of rotatable bonds is 5. The van der Waals surface area contributed by atoms with Crippen molar-refractivity contribution in [1.29, 1.82) is 0 Å². The molecule has 1 unspecified atom stereocenters. The maximum atomic E-state index is 3.61. The molecule has 1 atom stereocenters. The van der Waals surface area contributed by atoms with Crippen molar-refractivity contribution in [1.82, 2.24) is 5.32 Å². The fraction of sp³-hybridized carbons (Fsp3) is 0.333. The van der Waals surface area contributed by atoms with Gasteiger partial charge in [-0.25, -0.2) is 0 Å². The first-order chi connectivity index (χ1) is 8.76. The van der Waals surface area contributed by atoms with E-state index in [4.69, 9.17) is 0 Å². The van der Waals surface area contributed by atoms with Gasteiger partial charge in [-0.15, -0.1) is 11.3 Å². The summed E-state index contributed by atoms with van der Waals surface area (Å²) in [5, 5.41) is 5.51. The van der Waals surface area contributed by atoms with Gasteiger partial charge in [-0.05, 0) is 52.0 Å². The number of aryl methyl sites for hydroxylation is 1. The average Bonchev–Trinajstić information content (AvgIpc) is 2.79. The van der Waals surface area contributed by atoms with Gasteiger partial charge in [-0.1, -0.05) is 37.6 Å². The average molecular weight is 324 g/mol. The Morgan fingerprint density at radius 1 is 1.22 bits per heavy atom. The van der Waals surface area contributed by atoms with Gasteiger partial charge in [-0.3, -0.25) is 0 Å². The lowest BCUT2D eigenvalue weighted by molar-refractivity contribution is 0.701. The Bertz CT molecular complexity index is 489. The maximum Gasteiger partial charge on any atom is 0.0680 e. The third kappa shape index (κ3) is 3.02. The van der Waals surface area contributed by atoms with Crippen LogP contribution in [0.3, 0.4) is 0 Å². The molecule has 1 N–H and O–H groups in total. The van der Waals surface area contributed by atoms with Crippen molar-refractivity contribution in [2.45, 2.75) is 25.8 Å². The van der Waals surface area contributed by atoms with Crippen LogP contribution in [0.2, 0.25) is 0 Å². The van der Waals surface area contributed by atoms with Gasteiger partial charge < -0.3 is 5.32 Å². The number of halogens is 1. The Hall–Kier alpha value is -0.640. The lowest BCUT2D eigenvalue weighted by Crippen LogP contribution is -2.16. The topological polar surface area (TPSA) is 12.0 Å². The van der Waals surface area contributed by atoms with Crippen LogP contribution < -0.4 is 5.32 Å². The summed E-state index contributed by atoms with van der Waals surface area (Å²) in [4.78, 5) is 1.33. The van der Waals surface area contributed by atoms with Crippen molar-refractivity contribution < 1.29 is 0 Å². The highest BCUT2D eigenvalue weighted by atomic mass is 79.9. The number of benzene rings is 1. The lowest BCUT2D eigenvalue weighted by Gasteiger charge is -2.16. The summed E-state index contributed by atoms with van der Waals surface area (Å²) >= 11 is 5.40. The normalized spacial score (nSPS) is 12.6. The van der Waals surface area contributed by atoms with Crippen molar-refractivity contribution >= 4 is 27.3 Å². The van der Waals surface area contributed by atoms with Crippen LogP contribution in [0, 0.1) is 0 Å². The highest BCUT2D eigenvalue weighted by molar-refractivity contribution is 9.10. The van der Waals surface area contributed by atoms with E-state index in [9.17, 15) is 0 Å². The summed E-state index contributed by atoms with van der Waals surface area (Å²) in [7, 11) is 2.01. The molecule has 0 aliphatic carbocycles. The minimum absolute atomic E-state index is 0.273. The van der Waals surface area contributed by atoms with Gasteiger partial charge in [-0.2, -0.15) is 0 Å². The van der Waals surface area contributed by atoms with Crippen molar-refractivity contribution in [3.05, 3.63) is 56.2 Å². The molecule has 0 radical (unpaired) electrons. The largest absolute Gasteiger partial charge is 0.309 e. The Morgan fingerprint density at radius 3 is 2.44 bits per heavy atom. The van der Waals surface area contributed by atoms with Crippen LogP contribution in [-0.2, 0) is 6.42 Å². The van der Waals surface area contributed by atoms with E-state index in [-0.39, 0.29) is 6.04 Å².